The summed E-state index contributed by atoms with van der Waals surface area (Å²) >= 11 is 0. The molecule has 1 amide bonds. The Morgan fingerprint density at radius 3 is 2.46 bits per heavy atom. The van der Waals surface area contributed by atoms with Crippen molar-refractivity contribution in [3.63, 3.8) is 0 Å². The second-order valence-electron chi connectivity index (χ2n) is 6.73. The van der Waals surface area contributed by atoms with Gasteiger partial charge in [-0.1, -0.05) is 35.0 Å². The normalized spacial score (nSPS) is 16.5. The zero-order valence-electron chi connectivity index (χ0n) is 14.9. The second-order valence-corrected chi connectivity index (χ2v) is 8.70. The van der Waals surface area contributed by atoms with Crippen LogP contribution in [-0.2, 0) is 20.6 Å². The molecule has 0 unspecified atom stereocenters. The third-order valence-corrected chi connectivity index (χ3v) is 6.42. The van der Waals surface area contributed by atoms with Gasteiger partial charge in [-0.25, -0.2) is 12.7 Å². The number of anilines is 1. The second kappa shape index (κ2) is 7.59. The van der Waals surface area contributed by atoms with Gasteiger partial charge in [-0.15, -0.1) is 0 Å². The summed E-state index contributed by atoms with van der Waals surface area (Å²) in [5.41, 5.74) is 1.87. The summed E-state index contributed by atoms with van der Waals surface area (Å²) in [6.45, 7) is 4.42. The summed E-state index contributed by atoms with van der Waals surface area (Å²) in [6.07, 6.45) is 0.992. The van der Waals surface area contributed by atoms with E-state index in [4.69, 9.17) is 4.52 Å². The van der Waals surface area contributed by atoms with Crippen molar-refractivity contribution in [3.8, 4) is 0 Å². The van der Waals surface area contributed by atoms with Gasteiger partial charge < -0.3 is 9.84 Å². The Hall–Kier alpha value is -2.19. The highest BCUT2D eigenvalue weighted by Gasteiger charge is 2.31. The predicted molar refractivity (Wildman–Crippen MR) is 98.0 cm³/mol. The van der Waals surface area contributed by atoms with E-state index in [1.165, 1.54) is 4.31 Å². The number of sulfonamides is 1. The molecule has 0 atom stereocenters. The Bertz CT molecular complexity index is 866. The maximum Gasteiger partial charge on any atom is 0.228 e. The van der Waals surface area contributed by atoms with Gasteiger partial charge in [-0.3, -0.25) is 4.79 Å². The van der Waals surface area contributed by atoms with Crippen molar-refractivity contribution >= 4 is 21.7 Å². The molecule has 1 aliphatic rings. The molecule has 1 aromatic carbocycles. The van der Waals surface area contributed by atoms with Crippen LogP contribution in [0.2, 0.25) is 0 Å². The number of hydrogen-bond acceptors (Lipinski definition) is 5. The lowest BCUT2D eigenvalue weighted by molar-refractivity contribution is -0.120. The largest absolute Gasteiger partial charge is 0.360 e. The quantitative estimate of drug-likeness (QED) is 0.864. The van der Waals surface area contributed by atoms with Crippen molar-refractivity contribution in [3.05, 3.63) is 47.2 Å². The van der Waals surface area contributed by atoms with Gasteiger partial charge >= 0.3 is 0 Å². The standard InChI is InChI=1S/C18H23N3O4S/c1-13-3-5-15(6-4-13)12-26(23,24)21-9-7-16(8-10-21)18(22)19-17-11-14(2)25-20-17/h3-6,11,16H,7-10,12H2,1-2H3,(H,19,20,22). The van der Waals surface area contributed by atoms with Crippen LogP contribution < -0.4 is 5.32 Å². The third-order valence-electron chi connectivity index (χ3n) is 4.57. The molecule has 3 rings (SSSR count). The van der Waals surface area contributed by atoms with Crippen LogP contribution in [0, 0.1) is 19.8 Å². The van der Waals surface area contributed by atoms with Crippen LogP contribution in [0.3, 0.4) is 0 Å². The fourth-order valence-electron chi connectivity index (χ4n) is 3.04. The third kappa shape index (κ3) is 4.50. The Labute approximate surface area is 153 Å². The fourth-order valence-corrected chi connectivity index (χ4v) is 4.60. The van der Waals surface area contributed by atoms with Crippen molar-refractivity contribution in [2.75, 3.05) is 18.4 Å². The predicted octanol–water partition coefficient (Wildman–Crippen LogP) is 2.47. The van der Waals surface area contributed by atoms with Crippen LogP contribution in [-0.4, -0.2) is 36.9 Å². The van der Waals surface area contributed by atoms with Gasteiger partial charge in [0.05, 0.1) is 5.75 Å². The smallest absolute Gasteiger partial charge is 0.228 e. The highest BCUT2D eigenvalue weighted by molar-refractivity contribution is 7.88. The Kier molecular flexibility index (Phi) is 5.43. The van der Waals surface area contributed by atoms with E-state index in [0.29, 0.717) is 37.5 Å². The van der Waals surface area contributed by atoms with E-state index in [0.717, 1.165) is 11.1 Å². The number of benzene rings is 1. The van der Waals surface area contributed by atoms with E-state index in [9.17, 15) is 13.2 Å². The molecule has 1 fully saturated rings. The molecule has 0 aliphatic carbocycles. The summed E-state index contributed by atoms with van der Waals surface area (Å²) in [7, 11) is -3.38. The molecular weight excluding hydrogens is 354 g/mol. The average Bonchev–Trinajstić information content (AvgIpc) is 3.02. The first-order valence-corrected chi connectivity index (χ1v) is 10.2. The van der Waals surface area contributed by atoms with E-state index in [-0.39, 0.29) is 17.6 Å². The molecule has 7 nitrogen and oxygen atoms in total. The van der Waals surface area contributed by atoms with Crippen molar-refractivity contribution in [2.24, 2.45) is 5.92 Å². The Morgan fingerprint density at radius 1 is 1.23 bits per heavy atom. The van der Waals surface area contributed by atoms with Crippen LogP contribution in [0.25, 0.3) is 0 Å². The lowest BCUT2D eigenvalue weighted by Gasteiger charge is -2.30. The Balaban J connectivity index is 1.55. The molecule has 0 saturated carbocycles. The molecule has 140 valence electrons. The molecule has 8 heteroatoms. The molecule has 1 aliphatic heterocycles. The van der Waals surface area contributed by atoms with E-state index in [1.807, 2.05) is 31.2 Å². The molecule has 0 bridgehead atoms. The summed E-state index contributed by atoms with van der Waals surface area (Å²) in [5, 5.41) is 6.46. The number of nitrogens with one attached hydrogen (secondary N) is 1. The minimum absolute atomic E-state index is 0.0115. The van der Waals surface area contributed by atoms with Crippen LogP contribution >= 0.6 is 0 Å². The number of carbonyl (C=O) groups excluding carboxylic acids is 1. The molecule has 1 saturated heterocycles. The van der Waals surface area contributed by atoms with Crippen molar-refractivity contribution in [2.45, 2.75) is 32.4 Å². The molecule has 0 radical (unpaired) electrons. The number of aromatic nitrogens is 1. The number of carbonyl (C=O) groups is 1. The molecule has 1 aromatic heterocycles. The van der Waals surface area contributed by atoms with Crippen molar-refractivity contribution in [1.29, 1.82) is 0 Å². The Morgan fingerprint density at radius 2 is 1.88 bits per heavy atom. The van der Waals surface area contributed by atoms with E-state index < -0.39 is 10.0 Å². The highest BCUT2D eigenvalue weighted by Crippen LogP contribution is 2.23. The van der Waals surface area contributed by atoms with Gasteiger partial charge in [0, 0.05) is 25.1 Å². The van der Waals surface area contributed by atoms with Gasteiger partial charge in [0.1, 0.15) is 5.76 Å². The highest BCUT2D eigenvalue weighted by atomic mass is 32.2. The first-order valence-electron chi connectivity index (χ1n) is 8.61. The molecule has 2 aromatic rings. The lowest BCUT2D eigenvalue weighted by atomic mass is 9.97. The lowest BCUT2D eigenvalue weighted by Crippen LogP contribution is -2.41. The topological polar surface area (TPSA) is 92.5 Å². The molecule has 0 spiro atoms. The van der Waals surface area contributed by atoms with Crippen molar-refractivity contribution < 1.29 is 17.7 Å². The summed E-state index contributed by atoms with van der Waals surface area (Å²) in [5.74, 6) is 0.633. The van der Waals surface area contributed by atoms with Gasteiger partial charge in [0.2, 0.25) is 15.9 Å². The summed E-state index contributed by atoms with van der Waals surface area (Å²) in [6, 6.07) is 9.15. The van der Waals surface area contributed by atoms with Gasteiger partial charge in [0.25, 0.3) is 0 Å². The summed E-state index contributed by atoms with van der Waals surface area (Å²) in [4.78, 5) is 12.3. The number of rotatable bonds is 5. The SMILES string of the molecule is Cc1ccc(CS(=O)(=O)N2CCC(C(=O)Nc3cc(C)on3)CC2)cc1. The van der Waals surface area contributed by atoms with E-state index in [2.05, 4.69) is 10.5 Å². The first-order chi connectivity index (χ1) is 12.3. The van der Waals surface area contributed by atoms with Crippen molar-refractivity contribution in [1.82, 2.24) is 9.46 Å². The number of amides is 1. The monoisotopic (exact) mass is 377 g/mol. The first kappa shape index (κ1) is 18.6. The van der Waals surface area contributed by atoms with Crippen LogP contribution in [0.1, 0.15) is 29.7 Å². The molecule has 26 heavy (non-hydrogen) atoms. The maximum absolute atomic E-state index is 12.6. The number of nitrogens with zero attached hydrogens (tertiary/aromatic N) is 2. The van der Waals surface area contributed by atoms with E-state index in [1.54, 1.807) is 13.0 Å². The minimum Gasteiger partial charge on any atom is -0.360 e. The van der Waals surface area contributed by atoms with Crippen LogP contribution in [0.4, 0.5) is 5.82 Å². The average molecular weight is 377 g/mol. The van der Waals surface area contributed by atoms with Gasteiger partial charge in [-0.05, 0) is 32.3 Å². The van der Waals surface area contributed by atoms with Gasteiger partial charge in [-0.2, -0.15) is 0 Å². The molecule has 1 N–H and O–H groups in total. The molecule has 2 heterocycles. The minimum atomic E-state index is -3.38. The van der Waals surface area contributed by atoms with Gasteiger partial charge in [0.15, 0.2) is 5.82 Å². The molecular formula is C18H23N3O4S. The van der Waals surface area contributed by atoms with E-state index >= 15 is 0 Å². The zero-order valence-corrected chi connectivity index (χ0v) is 15.8. The summed E-state index contributed by atoms with van der Waals surface area (Å²) < 4.78 is 31.6. The number of hydrogen-bond donors (Lipinski definition) is 1. The zero-order chi connectivity index (χ0) is 18.7. The number of piperidine rings is 1. The number of aryl methyl sites for hydroxylation is 2. The fraction of sp³-hybridized carbons (Fsp3) is 0.444. The maximum atomic E-state index is 12.6. The van der Waals surface area contributed by atoms with Crippen LogP contribution in [0.15, 0.2) is 34.9 Å². The van der Waals surface area contributed by atoms with Crippen LogP contribution in [0.5, 0.6) is 0 Å².